The molecule has 0 aliphatic heterocycles. The average molecular weight is 450 g/mol. The molecule has 4 rings (SSSR count). The molecule has 0 radical (unpaired) electrons. The van der Waals surface area contributed by atoms with Crippen molar-refractivity contribution in [2.75, 3.05) is 19.0 Å². The van der Waals surface area contributed by atoms with Gasteiger partial charge < -0.3 is 25.6 Å². The number of carbonyl (C=O) groups is 3. The first-order chi connectivity index (χ1) is 15.9. The van der Waals surface area contributed by atoms with Crippen molar-refractivity contribution in [2.24, 2.45) is 0 Å². The second kappa shape index (κ2) is 9.03. The molecular weight excluding hydrogens is 428 g/mol. The first-order valence-corrected chi connectivity index (χ1v) is 10.2. The number of nitrogens with zero attached hydrogens (tertiary/aromatic N) is 2. The number of hydrogen-bond acceptors (Lipinski definition) is 6. The van der Waals surface area contributed by atoms with Crippen LogP contribution in [0.2, 0.25) is 0 Å². The minimum atomic E-state index is -1.16. The van der Waals surface area contributed by atoms with E-state index in [1.54, 1.807) is 42.5 Å². The number of phenolic OH excluding ortho intramolecular Hbond substituents is 1. The third kappa shape index (κ3) is 4.95. The molecule has 10 nitrogen and oxygen atoms in total. The molecule has 0 bridgehead atoms. The van der Waals surface area contributed by atoms with Crippen LogP contribution in [0.1, 0.15) is 34.8 Å². The number of aliphatic carboxylic acids is 1. The van der Waals surface area contributed by atoms with Gasteiger partial charge >= 0.3 is 12.0 Å². The fourth-order valence-electron chi connectivity index (χ4n) is 3.38. The van der Waals surface area contributed by atoms with E-state index < -0.39 is 18.5 Å². The van der Waals surface area contributed by atoms with Gasteiger partial charge in [0.25, 0.3) is 5.91 Å². The van der Waals surface area contributed by atoms with E-state index in [1.165, 1.54) is 13.2 Å². The highest BCUT2D eigenvalue weighted by molar-refractivity contribution is 6.04. The van der Waals surface area contributed by atoms with Crippen LogP contribution in [0, 0.1) is 0 Å². The second-order valence-electron chi connectivity index (χ2n) is 7.61. The summed E-state index contributed by atoms with van der Waals surface area (Å²) in [6.07, 6.45) is 1.80. The van der Waals surface area contributed by atoms with E-state index in [-0.39, 0.29) is 17.6 Å². The fraction of sp³-hybridized carbons (Fsp3) is 0.217. The van der Waals surface area contributed by atoms with Crippen LogP contribution in [0.5, 0.6) is 11.5 Å². The average Bonchev–Trinajstić information content (AvgIpc) is 3.56. The van der Waals surface area contributed by atoms with Gasteiger partial charge in [-0.1, -0.05) is 6.07 Å². The predicted molar refractivity (Wildman–Crippen MR) is 119 cm³/mol. The standard InChI is InChI=1S/C23H22N4O6/c1-33-16-4-2-3-14(9-16)22(31)25-15-7-8-17(20(28)10-15)18-11-19(13-5-6-13)27(26-18)23(32)24-12-21(29)30/h2-4,7-11,13,28H,5-6,12H2,1H3,(H,24,32)(H,25,31)(H,29,30). The van der Waals surface area contributed by atoms with Gasteiger partial charge in [-0.2, -0.15) is 9.78 Å². The van der Waals surface area contributed by atoms with Crippen LogP contribution in [-0.4, -0.2) is 51.6 Å². The smallest absolute Gasteiger partial charge is 0.342 e. The van der Waals surface area contributed by atoms with Crippen LogP contribution in [0.15, 0.2) is 48.5 Å². The number of aromatic hydroxyl groups is 1. The lowest BCUT2D eigenvalue weighted by molar-refractivity contribution is -0.135. The zero-order valence-electron chi connectivity index (χ0n) is 17.7. The van der Waals surface area contributed by atoms with Crippen LogP contribution >= 0.6 is 0 Å². The Bertz CT molecular complexity index is 1230. The fourth-order valence-corrected chi connectivity index (χ4v) is 3.38. The molecule has 1 aliphatic carbocycles. The summed E-state index contributed by atoms with van der Waals surface area (Å²) in [5, 5.41) is 28.7. The van der Waals surface area contributed by atoms with Crippen LogP contribution in [0.3, 0.4) is 0 Å². The molecule has 0 spiro atoms. The highest BCUT2D eigenvalue weighted by atomic mass is 16.5. The van der Waals surface area contributed by atoms with Gasteiger partial charge in [0.2, 0.25) is 0 Å². The number of nitrogens with one attached hydrogen (secondary N) is 2. The van der Waals surface area contributed by atoms with Crippen molar-refractivity contribution >= 4 is 23.6 Å². The van der Waals surface area contributed by atoms with Crippen molar-refractivity contribution in [3.05, 3.63) is 59.8 Å². The van der Waals surface area contributed by atoms with E-state index in [0.717, 1.165) is 17.5 Å². The Kier molecular flexibility index (Phi) is 5.99. The number of aromatic nitrogens is 2. The van der Waals surface area contributed by atoms with E-state index >= 15 is 0 Å². The summed E-state index contributed by atoms with van der Waals surface area (Å²) in [6.45, 7) is -0.523. The van der Waals surface area contributed by atoms with Crippen molar-refractivity contribution in [2.45, 2.75) is 18.8 Å². The minimum Gasteiger partial charge on any atom is -0.507 e. The molecule has 0 saturated heterocycles. The number of ether oxygens (including phenoxy) is 1. The monoisotopic (exact) mass is 450 g/mol. The summed E-state index contributed by atoms with van der Waals surface area (Å²) in [5.74, 6) is -0.943. The van der Waals surface area contributed by atoms with Gasteiger partial charge in [-0.05, 0) is 49.2 Å². The number of carboxylic acids is 1. The Morgan fingerprint density at radius 3 is 2.61 bits per heavy atom. The largest absolute Gasteiger partial charge is 0.507 e. The van der Waals surface area contributed by atoms with Crippen LogP contribution < -0.4 is 15.4 Å². The maximum atomic E-state index is 12.5. The Hall–Kier alpha value is -4.34. The molecule has 3 aromatic rings. The number of phenols is 1. The number of carboxylic acid groups (broad SMARTS) is 1. The molecule has 0 unspecified atom stereocenters. The number of amides is 2. The lowest BCUT2D eigenvalue weighted by Gasteiger charge is -2.09. The number of methoxy groups -OCH3 is 1. The Balaban J connectivity index is 1.55. The molecule has 1 aromatic heterocycles. The van der Waals surface area contributed by atoms with Crippen molar-refractivity contribution in [1.82, 2.24) is 15.1 Å². The normalized spacial score (nSPS) is 12.8. The highest BCUT2D eigenvalue weighted by Crippen LogP contribution is 2.42. The molecule has 10 heteroatoms. The lowest BCUT2D eigenvalue weighted by atomic mass is 10.1. The predicted octanol–water partition coefficient (Wildman–Crippen LogP) is 3.04. The number of rotatable bonds is 7. The SMILES string of the molecule is COc1cccc(C(=O)Nc2ccc(-c3cc(C4CC4)n(C(=O)NCC(=O)O)n3)c(O)c2)c1. The summed E-state index contributed by atoms with van der Waals surface area (Å²) in [4.78, 5) is 35.7. The molecule has 1 fully saturated rings. The zero-order valence-corrected chi connectivity index (χ0v) is 17.7. The van der Waals surface area contributed by atoms with Crippen molar-refractivity contribution in [3.63, 3.8) is 0 Å². The molecule has 4 N–H and O–H groups in total. The van der Waals surface area contributed by atoms with Gasteiger partial charge in [0.1, 0.15) is 18.0 Å². The first kappa shape index (κ1) is 21.9. The van der Waals surface area contributed by atoms with E-state index in [2.05, 4.69) is 15.7 Å². The van der Waals surface area contributed by atoms with Gasteiger partial charge in [0.05, 0.1) is 18.5 Å². The number of benzene rings is 2. The third-order valence-electron chi connectivity index (χ3n) is 5.18. The molecule has 170 valence electrons. The quantitative estimate of drug-likeness (QED) is 0.433. The zero-order chi connectivity index (χ0) is 23.5. The van der Waals surface area contributed by atoms with E-state index in [0.29, 0.717) is 34.0 Å². The minimum absolute atomic E-state index is 0.128. The molecule has 1 heterocycles. The summed E-state index contributed by atoms with van der Waals surface area (Å²) >= 11 is 0. The Morgan fingerprint density at radius 1 is 1.15 bits per heavy atom. The second-order valence-corrected chi connectivity index (χ2v) is 7.61. The molecular formula is C23H22N4O6. The molecule has 33 heavy (non-hydrogen) atoms. The molecule has 0 atom stereocenters. The maximum Gasteiger partial charge on any atom is 0.342 e. The van der Waals surface area contributed by atoms with Crippen molar-refractivity contribution < 1.29 is 29.3 Å². The van der Waals surface area contributed by atoms with Gasteiger partial charge in [0, 0.05) is 28.8 Å². The Labute approximate surface area is 188 Å². The summed E-state index contributed by atoms with van der Waals surface area (Å²) in [5.41, 5.74) is 2.18. The third-order valence-corrected chi connectivity index (χ3v) is 5.18. The van der Waals surface area contributed by atoms with Gasteiger partial charge in [-0.25, -0.2) is 4.79 Å². The van der Waals surface area contributed by atoms with Crippen LogP contribution in [-0.2, 0) is 4.79 Å². The maximum absolute atomic E-state index is 12.5. The lowest BCUT2D eigenvalue weighted by Crippen LogP contribution is -2.34. The van der Waals surface area contributed by atoms with Crippen molar-refractivity contribution in [1.29, 1.82) is 0 Å². The van der Waals surface area contributed by atoms with Crippen LogP contribution in [0.25, 0.3) is 11.3 Å². The molecule has 2 amide bonds. The van der Waals surface area contributed by atoms with Gasteiger partial charge in [-0.15, -0.1) is 0 Å². The summed E-state index contributed by atoms with van der Waals surface area (Å²) < 4.78 is 6.28. The summed E-state index contributed by atoms with van der Waals surface area (Å²) in [7, 11) is 1.51. The molecule has 1 saturated carbocycles. The van der Waals surface area contributed by atoms with Crippen LogP contribution in [0.4, 0.5) is 10.5 Å². The number of hydrogen-bond donors (Lipinski definition) is 4. The first-order valence-electron chi connectivity index (χ1n) is 10.2. The Morgan fingerprint density at radius 2 is 1.94 bits per heavy atom. The molecule has 2 aromatic carbocycles. The van der Waals surface area contributed by atoms with E-state index in [9.17, 15) is 19.5 Å². The summed E-state index contributed by atoms with van der Waals surface area (Å²) in [6, 6.07) is 12.4. The van der Waals surface area contributed by atoms with E-state index in [1.807, 2.05) is 0 Å². The number of carbonyl (C=O) groups excluding carboxylic acids is 2. The van der Waals surface area contributed by atoms with Gasteiger partial charge in [0.15, 0.2) is 0 Å². The van der Waals surface area contributed by atoms with E-state index in [4.69, 9.17) is 9.84 Å². The number of anilines is 1. The molecule has 1 aliphatic rings. The highest BCUT2D eigenvalue weighted by Gasteiger charge is 2.31. The van der Waals surface area contributed by atoms with Gasteiger partial charge in [-0.3, -0.25) is 9.59 Å². The topological polar surface area (TPSA) is 143 Å². The van der Waals surface area contributed by atoms with Crippen molar-refractivity contribution in [3.8, 4) is 22.8 Å².